The first-order chi connectivity index (χ1) is 10.7. The molecule has 23 heavy (non-hydrogen) atoms. The number of amides is 1. The number of ether oxygens (including phenoxy) is 2. The molecule has 0 bridgehead atoms. The minimum Gasteiger partial charge on any atom is -0.496 e. The molecule has 0 saturated carbocycles. The molecule has 1 aromatic rings. The van der Waals surface area contributed by atoms with Crippen LogP contribution in [0.4, 0.5) is 13.2 Å². The highest BCUT2D eigenvalue weighted by Gasteiger charge is 2.39. The van der Waals surface area contributed by atoms with Crippen molar-refractivity contribution in [2.24, 2.45) is 0 Å². The molecule has 0 unspecified atom stereocenters. The number of carbonyl (C=O) groups is 1. The summed E-state index contributed by atoms with van der Waals surface area (Å²) in [6.45, 7) is 1.50. The van der Waals surface area contributed by atoms with Gasteiger partial charge in [0.05, 0.1) is 14.2 Å². The maximum Gasteiger partial charge on any atom is 0.471 e. The van der Waals surface area contributed by atoms with Crippen molar-refractivity contribution < 1.29 is 27.4 Å². The Morgan fingerprint density at radius 2 is 1.74 bits per heavy atom. The molecule has 0 aromatic heterocycles. The Morgan fingerprint density at radius 1 is 1.22 bits per heavy atom. The lowest BCUT2D eigenvalue weighted by atomic mass is 10.0. The second kappa shape index (κ2) is 8.33. The zero-order valence-electron chi connectivity index (χ0n) is 13.2. The number of nitrogens with one attached hydrogen (secondary N) is 1. The van der Waals surface area contributed by atoms with Crippen LogP contribution in [0.1, 0.15) is 18.1 Å². The van der Waals surface area contributed by atoms with Crippen LogP contribution in [0.25, 0.3) is 0 Å². The lowest BCUT2D eigenvalue weighted by Crippen LogP contribution is -2.42. The van der Waals surface area contributed by atoms with Crippen molar-refractivity contribution in [3.63, 3.8) is 0 Å². The van der Waals surface area contributed by atoms with Crippen LogP contribution in [-0.2, 0) is 17.6 Å². The minimum atomic E-state index is -4.90. The normalized spacial score (nSPS) is 12.7. The zero-order valence-corrected chi connectivity index (χ0v) is 14.1. The highest BCUT2D eigenvalue weighted by molar-refractivity contribution is 7.80. The van der Waals surface area contributed by atoms with E-state index < -0.39 is 18.1 Å². The molecule has 8 heteroatoms. The van der Waals surface area contributed by atoms with Gasteiger partial charge in [0.15, 0.2) is 0 Å². The van der Waals surface area contributed by atoms with Crippen LogP contribution in [0.2, 0.25) is 0 Å². The van der Waals surface area contributed by atoms with E-state index in [2.05, 4.69) is 12.6 Å². The van der Waals surface area contributed by atoms with Gasteiger partial charge in [-0.2, -0.15) is 25.8 Å². The number of alkyl halides is 3. The average Bonchev–Trinajstić information content (AvgIpc) is 2.47. The summed E-state index contributed by atoms with van der Waals surface area (Å²) in [5.41, 5.74) is 1.55. The molecule has 1 amide bonds. The predicted octanol–water partition coefficient (Wildman–Crippen LogP) is 2.79. The lowest BCUT2D eigenvalue weighted by molar-refractivity contribution is -0.174. The Bertz CT molecular complexity index is 550. The van der Waals surface area contributed by atoms with Crippen LogP contribution in [0, 0.1) is 0 Å². The number of methoxy groups -OCH3 is 2. The number of hydrogen-bond donors (Lipinski definition) is 2. The van der Waals surface area contributed by atoms with Gasteiger partial charge in [-0.05, 0) is 48.8 Å². The summed E-state index contributed by atoms with van der Waals surface area (Å²) >= 11 is 4.18. The van der Waals surface area contributed by atoms with Crippen molar-refractivity contribution in [3.05, 3.63) is 23.3 Å². The maximum atomic E-state index is 12.3. The van der Waals surface area contributed by atoms with E-state index in [4.69, 9.17) is 9.47 Å². The summed E-state index contributed by atoms with van der Waals surface area (Å²) in [6.07, 6.45) is -4.04. The van der Waals surface area contributed by atoms with Crippen LogP contribution in [-0.4, -0.2) is 38.1 Å². The van der Waals surface area contributed by atoms with Crippen molar-refractivity contribution in [1.29, 1.82) is 0 Å². The monoisotopic (exact) mass is 351 g/mol. The van der Waals surface area contributed by atoms with Crippen LogP contribution < -0.4 is 14.8 Å². The third-order valence-corrected chi connectivity index (χ3v) is 3.45. The molecular weight excluding hydrogens is 331 g/mol. The highest BCUT2D eigenvalue weighted by atomic mass is 32.1. The molecule has 1 aromatic carbocycles. The molecule has 0 saturated heterocycles. The van der Waals surface area contributed by atoms with Gasteiger partial charge in [-0.25, -0.2) is 0 Å². The minimum absolute atomic E-state index is 0.183. The van der Waals surface area contributed by atoms with Gasteiger partial charge in [-0.3, -0.25) is 4.79 Å². The van der Waals surface area contributed by atoms with Gasteiger partial charge in [0, 0.05) is 6.04 Å². The summed E-state index contributed by atoms with van der Waals surface area (Å²) in [4.78, 5) is 11.0. The van der Waals surface area contributed by atoms with Gasteiger partial charge < -0.3 is 14.8 Å². The Balaban J connectivity index is 2.96. The fourth-order valence-electron chi connectivity index (χ4n) is 2.19. The third-order valence-electron chi connectivity index (χ3n) is 3.23. The fraction of sp³-hybridized carbons (Fsp3) is 0.533. The summed E-state index contributed by atoms with van der Waals surface area (Å²) < 4.78 is 47.4. The molecule has 0 radical (unpaired) electrons. The number of hydrogen-bond acceptors (Lipinski definition) is 4. The number of halogens is 3. The Morgan fingerprint density at radius 3 is 2.22 bits per heavy atom. The van der Waals surface area contributed by atoms with Gasteiger partial charge in [0.2, 0.25) is 0 Å². The smallest absolute Gasteiger partial charge is 0.471 e. The van der Waals surface area contributed by atoms with E-state index in [0.29, 0.717) is 29.2 Å². The van der Waals surface area contributed by atoms with E-state index in [1.165, 1.54) is 21.1 Å². The molecule has 1 rings (SSSR count). The first kappa shape index (κ1) is 19.5. The predicted molar refractivity (Wildman–Crippen MR) is 84.5 cm³/mol. The Labute approximate surface area is 138 Å². The van der Waals surface area contributed by atoms with Crippen LogP contribution in [0.5, 0.6) is 11.5 Å². The summed E-state index contributed by atoms with van der Waals surface area (Å²) in [7, 11) is 3.00. The fourth-order valence-corrected chi connectivity index (χ4v) is 2.43. The molecule has 0 aliphatic rings. The van der Waals surface area contributed by atoms with Gasteiger partial charge in [0.25, 0.3) is 0 Å². The first-order valence-electron chi connectivity index (χ1n) is 6.95. The van der Waals surface area contributed by atoms with E-state index in [-0.39, 0.29) is 6.42 Å². The quantitative estimate of drug-likeness (QED) is 0.743. The molecule has 130 valence electrons. The van der Waals surface area contributed by atoms with Crippen molar-refractivity contribution in [2.45, 2.75) is 32.0 Å². The molecule has 0 spiro atoms. The molecule has 0 fully saturated rings. The van der Waals surface area contributed by atoms with Gasteiger partial charge in [-0.15, -0.1) is 0 Å². The molecule has 4 nitrogen and oxygen atoms in total. The van der Waals surface area contributed by atoms with Crippen molar-refractivity contribution in [1.82, 2.24) is 5.32 Å². The summed E-state index contributed by atoms with van der Waals surface area (Å²) in [5, 5.41) is 1.92. The van der Waals surface area contributed by atoms with Crippen LogP contribution in [0.3, 0.4) is 0 Å². The second-order valence-corrected chi connectivity index (χ2v) is 5.47. The van der Waals surface area contributed by atoms with E-state index in [1.54, 1.807) is 12.1 Å². The zero-order chi connectivity index (χ0) is 17.6. The molecule has 0 aliphatic carbocycles. The van der Waals surface area contributed by atoms with Crippen molar-refractivity contribution in [2.75, 3.05) is 20.0 Å². The highest BCUT2D eigenvalue weighted by Crippen LogP contribution is 2.30. The van der Waals surface area contributed by atoms with Crippen LogP contribution in [0.15, 0.2) is 12.1 Å². The third kappa shape index (κ3) is 5.53. The largest absolute Gasteiger partial charge is 0.496 e. The van der Waals surface area contributed by atoms with Gasteiger partial charge >= 0.3 is 12.1 Å². The molecule has 0 aliphatic heterocycles. The Kier molecular flexibility index (Phi) is 7.05. The topological polar surface area (TPSA) is 47.6 Å². The van der Waals surface area contributed by atoms with E-state index >= 15 is 0 Å². The summed E-state index contributed by atoms with van der Waals surface area (Å²) in [5.74, 6) is -0.181. The van der Waals surface area contributed by atoms with E-state index in [0.717, 1.165) is 5.56 Å². The number of aryl methyl sites for hydroxylation is 1. The second-order valence-electron chi connectivity index (χ2n) is 5.03. The standard InChI is InChI=1S/C15H20F3NO3S/c1-9(19-14(20)15(16,17)18)6-11-8-12(21-2)10(4-5-23)7-13(11)22-3/h7-9,23H,4-6H2,1-3H3,(H,19,20)/t9-/m1/s1. The SMILES string of the molecule is COc1cc(C[C@@H](C)NC(=O)C(F)(F)F)c(OC)cc1CCS. The number of benzene rings is 1. The van der Waals surface area contributed by atoms with Crippen LogP contribution >= 0.6 is 12.6 Å². The number of thiol groups is 1. The molecule has 1 atom stereocenters. The summed E-state index contributed by atoms with van der Waals surface area (Å²) in [6, 6.07) is 2.79. The number of carbonyl (C=O) groups excluding carboxylic acids is 1. The van der Waals surface area contributed by atoms with E-state index in [1.807, 2.05) is 5.32 Å². The van der Waals surface area contributed by atoms with Gasteiger partial charge in [0.1, 0.15) is 11.5 Å². The molecule has 0 heterocycles. The van der Waals surface area contributed by atoms with Crippen molar-refractivity contribution in [3.8, 4) is 11.5 Å². The van der Waals surface area contributed by atoms with Gasteiger partial charge in [-0.1, -0.05) is 0 Å². The molecule has 1 N–H and O–H groups in total. The lowest BCUT2D eigenvalue weighted by Gasteiger charge is -2.19. The molecular formula is C15H20F3NO3S. The average molecular weight is 351 g/mol. The van der Waals surface area contributed by atoms with Crippen molar-refractivity contribution >= 4 is 18.5 Å². The Hall–Kier alpha value is -1.57. The maximum absolute atomic E-state index is 12.3. The van der Waals surface area contributed by atoms with E-state index in [9.17, 15) is 18.0 Å². The number of rotatable bonds is 7. The first-order valence-corrected chi connectivity index (χ1v) is 7.58.